The van der Waals surface area contributed by atoms with E-state index in [0.29, 0.717) is 23.9 Å². The average Bonchev–Trinajstić information content (AvgIpc) is 3.36. The fraction of sp³-hybridized carbons (Fsp3) is 0.750. The van der Waals surface area contributed by atoms with E-state index in [1.807, 2.05) is 33.3 Å². The van der Waals surface area contributed by atoms with Crippen LogP contribution >= 0.6 is 7.82 Å². The monoisotopic (exact) mass is 1060 g/mol. The summed E-state index contributed by atoms with van der Waals surface area (Å²) in [6.45, 7) is 6.88. The number of amides is 1. The molecule has 0 aromatic carbocycles. The number of rotatable bonds is 54. The summed E-state index contributed by atoms with van der Waals surface area (Å²) >= 11 is 0. The summed E-state index contributed by atoms with van der Waals surface area (Å²) in [5.74, 6) is -0.533. The fourth-order valence-electron chi connectivity index (χ4n) is 8.41. The van der Waals surface area contributed by atoms with Gasteiger partial charge in [0.05, 0.1) is 33.8 Å². The van der Waals surface area contributed by atoms with Gasteiger partial charge in [-0.05, 0) is 83.1 Å². The maximum Gasteiger partial charge on any atom is 0.472 e. The largest absolute Gasteiger partial charge is 0.472 e. The molecule has 0 heterocycles. The van der Waals surface area contributed by atoms with Crippen LogP contribution < -0.4 is 5.32 Å². The van der Waals surface area contributed by atoms with E-state index >= 15 is 0 Å². The maximum atomic E-state index is 13.5. The molecule has 0 aliphatic carbocycles. The Labute approximate surface area is 456 Å². The summed E-state index contributed by atoms with van der Waals surface area (Å²) in [6.07, 6.45) is 70.0. The molecule has 0 saturated heterocycles. The van der Waals surface area contributed by atoms with Crippen LogP contribution in [0.5, 0.6) is 0 Å². The van der Waals surface area contributed by atoms with Gasteiger partial charge in [-0.2, -0.15) is 0 Å². The SMILES string of the molecule is CC/C=C\C/C=C\C/C=C\C/C=C\C/C=C\C/C=C\CCCCCCC(=O)OC(/C=C/CCCCCCCCCCCC)C(COP(=O)(O)OCC[N+](C)(C)C)NC(=O)CCCCCCCCCCCCCCC. The zero-order valence-electron chi connectivity index (χ0n) is 48.8. The Morgan fingerprint density at radius 2 is 0.865 bits per heavy atom. The van der Waals surface area contributed by atoms with Crippen LogP contribution in [0.2, 0.25) is 0 Å². The molecular weight excluding hydrogens is 940 g/mol. The highest BCUT2D eigenvalue weighted by molar-refractivity contribution is 7.47. The standard InChI is InChI=1S/C64H115N2O7P/c1-7-10-13-16-19-22-25-28-29-30-31-32-33-34-35-36-37-39-42-45-48-51-54-57-64(68)73-62(55-52-49-46-43-40-27-24-21-18-15-12-9-3)61(60-72-74(69,70)71-59-58-66(4,5)6)65-63(67)56-53-50-47-44-41-38-26-23-20-17-14-11-8-2/h10,13,19,22,28-29,31-32,34-35,37,39,52,55,61-62H,7-9,11-12,14-18,20-21,23-27,30,33,36,38,40-51,53-54,56-60H2,1-6H3,(H-,65,67,69,70)/p+1/b13-10-,22-19-,29-28-,32-31-,35-34-,39-37-,55-52+. The summed E-state index contributed by atoms with van der Waals surface area (Å²) in [5, 5.41) is 3.04. The van der Waals surface area contributed by atoms with Crippen molar-refractivity contribution in [2.45, 2.75) is 270 Å². The van der Waals surface area contributed by atoms with Crippen molar-refractivity contribution in [2.24, 2.45) is 0 Å². The Morgan fingerprint density at radius 1 is 0.486 bits per heavy atom. The average molecular weight is 1060 g/mol. The van der Waals surface area contributed by atoms with Crippen molar-refractivity contribution in [1.82, 2.24) is 5.32 Å². The van der Waals surface area contributed by atoms with E-state index in [4.69, 9.17) is 13.8 Å². The molecule has 0 rings (SSSR count). The minimum atomic E-state index is -4.45. The summed E-state index contributed by atoms with van der Waals surface area (Å²) in [7, 11) is 1.48. The van der Waals surface area contributed by atoms with Crippen LogP contribution in [0.15, 0.2) is 85.1 Å². The molecular formula is C64H116N2O7P+. The van der Waals surface area contributed by atoms with Gasteiger partial charge in [0.2, 0.25) is 5.91 Å². The molecule has 428 valence electrons. The first-order valence-electron chi connectivity index (χ1n) is 30.4. The first kappa shape index (κ1) is 71.2. The Hall–Kier alpha value is -2.81. The molecule has 74 heavy (non-hydrogen) atoms. The molecule has 0 spiro atoms. The van der Waals surface area contributed by atoms with E-state index in [1.54, 1.807) is 0 Å². The van der Waals surface area contributed by atoms with Crippen molar-refractivity contribution >= 4 is 19.7 Å². The molecule has 0 aliphatic rings. The predicted octanol–water partition coefficient (Wildman–Crippen LogP) is 18.6. The molecule has 9 nitrogen and oxygen atoms in total. The van der Waals surface area contributed by atoms with Crippen LogP contribution in [0, 0.1) is 0 Å². The van der Waals surface area contributed by atoms with Crippen molar-refractivity contribution in [3.63, 3.8) is 0 Å². The Balaban J connectivity index is 5.28. The molecule has 0 aromatic rings. The van der Waals surface area contributed by atoms with Crippen molar-refractivity contribution in [2.75, 3.05) is 40.9 Å². The van der Waals surface area contributed by atoms with Gasteiger partial charge in [-0.3, -0.25) is 18.6 Å². The highest BCUT2D eigenvalue weighted by Crippen LogP contribution is 2.43. The van der Waals surface area contributed by atoms with Crippen molar-refractivity contribution < 1.29 is 37.3 Å². The van der Waals surface area contributed by atoms with Crippen LogP contribution in [0.1, 0.15) is 258 Å². The molecule has 10 heteroatoms. The van der Waals surface area contributed by atoms with Crippen LogP contribution in [0.4, 0.5) is 0 Å². The summed E-state index contributed by atoms with van der Waals surface area (Å²) in [6, 6.07) is -0.860. The number of quaternary nitrogens is 1. The number of ether oxygens (including phenoxy) is 1. The van der Waals surface area contributed by atoms with Crippen LogP contribution in [-0.4, -0.2) is 74.3 Å². The number of phosphoric acid groups is 1. The van der Waals surface area contributed by atoms with Gasteiger partial charge in [0.25, 0.3) is 0 Å². The minimum Gasteiger partial charge on any atom is -0.456 e. The Morgan fingerprint density at radius 3 is 1.30 bits per heavy atom. The van der Waals surface area contributed by atoms with Gasteiger partial charge < -0.3 is 19.4 Å². The number of nitrogens with zero attached hydrogens (tertiary/aromatic N) is 1. The first-order valence-corrected chi connectivity index (χ1v) is 31.9. The van der Waals surface area contributed by atoms with E-state index in [1.165, 1.54) is 116 Å². The second-order valence-electron chi connectivity index (χ2n) is 21.5. The number of carbonyl (C=O) groups excluding carboxylic acids is 2. The van der Waals surface area contributed by atoms with Crippen molar-refractivity contribution in [1.29, 1.82) is 0 Å². The lowest BCUT2D eigenvalue weighted by molar-refractivity contribution is -0.870. The fourth-order valence-corrected chi connectivity index (χ4v) is 9.15. The summed E-state index contributed by atoms with van der Waals surface area (Å²) < 4.78 is 30.6. The number of phosphoric ester groups is 1. The number of allylic oxidation sites excluding steroid dienone is 13. The first-order chi connectivity index (χ1) is 35.9. The third-order valence-electron chi connectivity index (χ3n) is 13.1. The van der Waals surface area contributed by atoms with E-state index in [2.05, 4.69) is 99.0 Å². The maximum absolute atomic E-state index is 13.5. The molecule has 0 bridgehead atoms. The topological polar surface area (TPSA) is 111 Å². The van der Waals surface area contributed by atoms with Gasteiger partial charge >= 0.3 is 13.8 Å². The lowest BCUT2D eigenvalue weighted by Gasteiger charge is -2.27. The summed E-state index contributed by atoms with van der Waals surface area (Å²) in [4.78, 5) is 37.6. The third-order valence-corrected chi connectivity index (χ3v) is 14.1. The molecule has 0 aromatic heterocycles. The number of hydrogen-bond donors (Lipinski definition) is 2. The normalized spacial score (nSPS) is 14.3. The second kappa shape index (κ2) is 53.6. The molecule has 3 unspecified atom stereocenters. The van der Waals surface area contributed by atoms with Gasteiger partial charge in [0.15, 0.2) is 0 Å². The lowest BCUT2D eigenvalue weighted by atomic mass is 10.0. The number of unbranched alkanes of at least 4 members (excludes halogenated alkanes) is 26. The van der Waals surface area contributed by atoms with E-state index < -0.39 is 20.0 Å². The number of hydrogen-bond acceptors (Lipinski definition) is 6. The highest BCUT2D eigenvalue weighted by atomic mass is 31.2. The Bertz CT molecular complexity index is 1540. The second-order valence-corrected chi connectivity index (χ2v) is 23.0. The van der Waals surface area contributed by atoms with Gasteiger partial charge in [0, 0.05) is 12.8 Å². The molecule has 3 atom stereocenters. The van der Waals surface area contributed by atoms with Gasteiger partial charge in [-0.1, -0.05) is 247 Å². The number of esters is 1. The molecule has 0 radical (unpaired) electrons. The van der Waals surface area contributed by atoms with Crippen molar-refractivity contribution in [3.8, 4) is 0 Å². The zero-order valence-corrected chi connectivity index (χ0v) is 49.7. The molecule has 0 fully saturated rings. The number of carbonyl (C=O) groups is 2. The van der Waals surface area contributed by atoms with E-state index in [-0.39, 0.29) is 31.5 Å². The molecule has 0 aliphatic heterocycles. The molecule has 2 N–H and O–H groups in total. The predicted molar refractivity (Wildman–Crippen MR) is 318 cm³/mol. The minimum absolute atomic E-state index is 0.0336. The number of nitrogens with one attached hydrogen (secondary N) is 1. The smallest absolute Gasteiger partial charge is 0.456 e. The molecule has 0 saturated carbocycles. The zero-order chi connectivity index (χ0) is 54.3. The molecule has 1 amide bonds. The van der Waals surface area contributed by atoms with Gasteiger partial charge in [-0.25, -0.2) is 4.57 Å². The Kier molecular flexibility index (Phi) is 51.5. The van der Waals surface area contributed by atoms with Crippen LogP contribution in [0.3, 0.4) is 0 Å². The number of likely N-dealkylation sites (N-methyl/N-ethyl adjacent to an activating group) is 1. The van der Waals surface area contributed by atoms with Crippen molar-refractivity contribution in [3.05, 3.63) is 85.1 Å². The van der Waals surface area contributed by atoms with E-state index in [9.17, 15) is 19.0 Å². The summed E-state index contributed by atoms with van der Waals surface area (Å²) in [5.41, 5.74) is 0. The third kappa shape index (κ3) is 54.0. The van der Waals surface area contributed by atoms with Crippen LogP contribution in [0.25, 0.3) is 0 Å². The van der Waals surface area contributed by atoms with E-state index in [0.717, 1.165) is 103 Å². The van der Waals surface area contributed by atoms with Gasteiger partial charge in [-0.15, -0.1) is 0 Å². The van der Waals surface area contributed by atoms with Gasteiger partial charge in [0.1, 0.15) is 19.3 Å². The van der Waals surface area contributed by atoms with Crippen LogP contribution in [-0.2, 0) is 27.9 Å². The highest BCUT2D eigenvalue weighted by Gasteiger charge is 2.30. The lowest BCUT2D eigenvalue weighted by Crippen LogP contribution is -2.47. The quantitative estimate of drug-likeness (QED) is 0.0205.